The topological polar surface area (TPSA) is 66.8 Å². The first-order chi connectivity index (χ1) is 12.1. The monoisotopic (exact) mass is 343 g/mol. The van der Waals surface area contributed by atoms with Gasteiger partial charge in [-0.2, -0.15) is 0 Å². The fourth-order valence-corrected chi connectivity index (χ4v) is 3.90. The molecule has 0 bridgehead atoms. The number of amides is 1. The van der Waals surface area contributed by atoms with Gasteiger partial charge >= 0.3 is 0 Å². The van der Waals surface area contributed by atoms with Gasteiger partial charge in [0.2, 0.25) is 0 Å². The first-order valence-corrected chi connectivity index (χ1v) is 9.10. The first-order valence-electron chi connectivity index (χ1n) is 9.10. The van der Waals surface area contributed by atoms with Crippen molar-refractivity contribution in [3.63, 3.8) is 0 Å². The van der Waals surface area contributed by atoms with E-state index in [1.165, 1.54) is 0 Å². The number of aliphatic hydroxyl groups excluding tert-OH is 1. The molecule has 1 saturated carbocycles. The number of Topliss-reactive ketones (excluding diaryl/α,β-unsaturated/α-hetero) is 1. The van der Waals surface area contributed by atoms with Gasteiger partial charge in [0.05, 0.1) is 18.2 Å². The smallest absolute Gasteiger partial charge is 0.290 e. The number of hydrogen-bond acceptors (Lipinski definition) is 4. The number of carbonyl (C=O) groups is 2. The van der Waals surface area contributed by atoms with Crippen molar-refractivity contribution in [2.45, 2.75) is 58.0 Å². The van der Waals surface area contributed by atoms with E-state index < -0.39 is 11.9 Å². The Morgan fingerprint density at radius 1 is 1.20 bits per heavy atom. The maximum absolute atomic E-state index is 12.7. The van der Waals surface area contributed by atoms with Crippen LogP contribution in [0.25, 0.3) is 0 Å². The molecule has 1 aliphatic heterocycles. The molecule has 0 aromatic heterocycles. The van der Waals surface area contributed by atoms with Gasteiger partial charge in [0.25, 0.3) is 5.91 Å². The van der Waals surface area contributed by atoms with Gasteiger partial charge in [-0.25, -0.2) is 0 Å². The minimum absolute atomic E-state index is 0.0772. The van der Waals surface area contributed by atoms with Crippen LogP contribution in [0.15, 0.2) is 35.6 Å². The number of benzene rings is 1. The number of hydrogen-bond donors (Lipinski definition) is 1. The summed E-state index contributed by atoms with van der Waals surface area (Å²) in [5.41, 5.74) is 1.08. The van der Waals surface area contributed by atoms with Crippen LogP contribution in [-0.2, 0) is 9.59 Å². The number of ether oxygens (including phenoxy) is 1. The molecule has 1 heterocycles. The Hall–Kier alpha value is -2.30. The van der Waals surface area contributed by atoms with E-state index in [1.54, 1.807) is 11.8 Å². The summed E-state index contributed by atoms with van der Waals surface area (Å²) in [6.45, 7) is 4.25. The molecule has 1 amide bonds. The molecule has 0 radical (unpaired) electrons. The minimum Gasteiger partial charge on any atom is -0.503 e. The Labute approximate surface area is 148 Å². The Bertz CT molecular complexity index is 686. The summed E-state index contributed by atoms with van der Waals surface area (Å²) in [5.74, 6) is -0.218. The number of ketones is 1. The van der Waals surface area contributed by atoms with Crippen molar-refractivity contribution in [3.8, 4) is 5.75 Å². The zero-order valence-corrected chi connectivity index (χ0v) is 14.8. The van der Waals surface area contributed by atoms with Crippen molar-refractivity contribution < 1.29 is 19.4 Å². The number of nitrogens with zero attached hydrogens (tertiary/aromatic N) is 1. The molecule has 5 heteroatoms. The van der Waals surface area contributed by atoms with Gasteiger partial charge in [-0.15, -0.1) is 0 Å². The van der Waals surface area contributed by atoms with Crippen LogP contribution in [0.3, 0.4) is 0 Å². The third-order valence-corrected chi connectivity index (χ3v) is 5.09. The zero-order chi connectivity index (χ0) is 18.0. The van der Waals surface area contributed by atoms with Crippen LogP contribution in [0, 0.1) is 0 Å². The van der Waals surface area contributed by atoms with Crippen LogP contribution >= 0.6 is 0 Å². The van der Waals surface area contributed by atoms with E-state index in [0.717, 1.165) is 37.0 Å². The van der Waals surface area contributed by atoms with Crippen molar-refractivity contribution in [1.82, 2.24) is 4.90 Å². The molecule has 2 aliphatic rings. The van der Waals surface area contributed by atoms with Gasteiger partial charge in [0.1, 0.15) is 5.75 Å². The van der Waals surface area contributed by atoms with E-state index in [0.29, 0.717) is 6.61 Å². The molecular weight excluding hydrogens is 318 g/mol. The predicted octanol–water partition coefficient (Wildman–Crippen LogP) is 3.70. The standard InChI is InChI=1S/C20H25NO4/c1-3-16(22)17-18(13-9-11-15(12-10-13)25-4-2)21(20(24)19(17)23)14-7-5-6-8-14/h9-12,14,18,23H,3-8H2,1-2H3. The molecule has 3 rings (SSSR count). The van der Waals surface area contributed by atoms with Crippen molar-refractivity contribution in [2.24, 2.45) is 0 Å². The van der Waals surface area contributed by atoms with Crippen LogP contribution in [-0.4, -0.2) is 34.3 Å². The number of rotatable bonds is 6. The fraction of sp³-hybridized carbons (Fsp3) is 0.500. The van der Waals surface area contributed by atoms with Crippen LogP contribution in [0.2, 0.25) is 0 Å². The molecule has 1 unspecified atom stereocenters. The second-order valence-electron chi connectivity index (χ2n) is 6.59. The Kier molecular flexibility index (Phi) is 5.11. The van der Waals surface area contributed by atoms with E-state index in [2.05, 4.69) is 0 Å². The summed E-state index contributed by atoms with van der Waals surface area (Å²) < 4.78 is 5.48. The summed E-state index contributed by atoms with van der Waals surface area (Å²) in [6, 6.07) is 7.03. The van der Waals surface area contributed by atoms with E-state index >= 15 is 0 Å². The Morgan fingerprint density at radius 2 is 1.84 bits per heavy atom. The summed E-state index contributed by atoms with van der Waals surface area (Å²) in [4.78, 5) is 26.9. The van der Waals surface area contributed by atoms with Crippen molar-refractivity contribution in [3.05, 3.63) is 41.2 Å². The average molecular weight is 343 g/mol. The van der Waals surface area contributed by atoms with Crippen molar-refractivity contribution in [2.75, 3.05) is 6.61 Å². The van der Waals surface area contributed by atoms with Gasteiger partial charge in [-0.3, -0.25) is 9.59 Å². The molecule has 0 saturated heterocycles. The summed E-state index contributed by atoms with van der Waals surface area (Å²) in [6.07, 6.45) is 4.24. The Balaban J connectivity index is 2.02. The van der Waals surface area contributed by atoms with Crippen LogP contribution < -0.4 is 4.74 Å². The lowest BCUT2D eigenvalue weighted by molar-refractivity contribution is -0.131. The number of carbonyl (C=O) groups excluding carboxylic acids is 2. The third-order valence-electron chi connectivity index (χ3n) is 5.09. The summed E-state index contributed by atoms with van der Waals surface area (Å²) >= 11 is 0. The first kappa shape index (κ1) is 17.5. The van der Waals surface area contributed by atoms with Gasteiger partial charge in [0, 0.05) is 12.5 Å². The molecule has 1 fully saturated rings. The average Bonchev–Trinajstić information content (AvgIpc) is 3.23. The van der Waals surface area contributed by atoms with Crippen molar-refractivity contribution >= 4 is 11.7 Å². The molecule has 134 valence electrons. The molecule has 5 nitrogen and oxygen atoms in total. The van der Waals surface area contributed by atoms with Gasteiger partial charge in [0.15, 0.2) is 11.5 Å². The normalized spacial score (nSPS) is 21.3. The lowest BCUT2D eigenvalue weighted by Crippen LogP contribution is -2.38. The predicted molar refractivity (Wildman–Crippen MR) is 94.4 cm³/mol. The molecule has 1 aromatic carbocycles. The van der Waals surface area contributed by atoms with Crippen molar-refractivity contribution in [1.29, 1.82) is 0 Å². The largest absolute Gasteiger partial charge is 0.503 e. The highest BCUT2D eigenvalue weighted by Crippen LogP contribution is 2.42. The molecule has 1 aromatic rings. The Morgan fingerprint density at radius 3 is 2.40 bits per heavy atom. The van der Waals surface area contributed by atoms with E-state index in [4.69, 9.17) is 4.74 Å². The minimum atomic E-state index is -0.501. The quantitative estimate of drug-likeness (QED) is 0.855. The SMILES string of the molecule is CCOc1ccc(C2C(C(=O)CC)=C(O)C(=O)N2C2CCCC2)cc1. The van der Waals surface area contributed by atoms with E-state index in [-0.39, 0.29) is 29.6 Å². The zero-order valence-electron chi connectivity index (χ0n) is 14.8. The molecule has 1 atom stereocenters. The molecule has 0 spiro atoms. The van der Waals surface area contributed by atoms with Gasteiger partial charge in [-0.05, 0) is 37.5 Å². The molecule has 1 N–H and O–H groups in total. The van der Waals surface area contributed by atoms with E-state index in [9.17, 15) is 14.7 Å². The lowest BCUT2D eigenvalue weighted by atomic mass is 9.94. The highest BCUT2D eigenvalue weighted by Gasteiger charge is 2.46. The van der Waals surface area contributed by atoms with Gasteiger partial charge < -0.3 is 14.7 Å². The van der Waals surface area contributed by atoms with E-state index in [1.807, 2.05) is 31.2 Å². The maximum atomic E-state index is 12.7. The fourth-order valence-electron chi connectivity index (χ4n) is 3.90. The number of aliphatic hydroxyl groups is 1. The summed E-state index contributed by atoms with van der Waals surface area (Å²) in [7, 11) is 0. The second-order valence-corrected chi connectivity index (χ2v) is 6.59. The molecule has 1 aliphatic carbocycles. The van der Waals surface area contributed by atoms with Crippen LogP contribution in [0.4, 0.5) is 0 Å². The molecule has 25 heavy (non-hydrogen) atoms. The summed E-state index contributed by atoms with van der Waals surface area (Å²) in [5, 5.41) is 10.4. The van der Waals surface area contributed by atoms with Crippen LogP contribution in [0.5, 0.6) is 5.75 Å². The highest BCUT2D eigenvalue weighted by molar-refractivity contribution is 6.09. The maximum Gasteiger partial charge on any atom is 0.290 e. The third kappa shape index (κ3) is 3.15. The highest BCUT2D eigenvalue weighted by atomic mass is 16.5. The van der Waals surface area contributed by atoms with Crippen LogP contribution in [0.1, 0.15) is 57.6 Å². The second kappa shape index (κ2) is 7.30. The molecular formula is C20H25NO4. The van der Waals surface area contributed by atoms with Gasteiger partial charge in [-0.1, -0.05) is 31.9 Å². The lowest BCUT2D eigenvalue weighted by Gasteiger charge is -2.32.